The van der Waals surface area contributed by atoms with Gasteiger partial charge in [0, 0.05) is 41.2 Å². The number of hydrogen-bond donors (Lipinski definition) is 0. The van der Waals surface area contributed by atoms with Gasteiger partial charge in [-0.05, 0) is 81.6 Å². The van der Waals surface area contributed by atoms with Crippen molar-refractivity contribution in [2.24, 2.45) is 0 Å². The molecule has 6 heteroatoms. The molecule has 304 valence electrons. The van der Waals surface area contributed by atoms with Gasteiger partial charge in [-0.1, -0.05) is 139 Å². The third kappa shape index (κ3) is 6.28. The van der Waals surface area contributed by atoms with Crippen LogP contribution in [0, 0.1) is 0 Å². The first-order valence-electron chi connectivity index (χ1n) is 21.5. The van der Waals surface area contributed by atoms with Crippen LogP contribution in [-0.4, -0.2) is 16.2 Å². The van der Waals surface area contributed by atoms with Crippen molar-refractivity contribution in [3.8, 4) is 39.6 Å². The molecule has 10 aromatic rings. The van der Waals surface area contributed by atoms with Gasteiger partial charge in [-0.3, -0.25) is 4.57 Å². The fourth-order valence-electron chi connectivity index (χ4n) is 9.22. The molecule has 0 spiro atoms. The van der Waals surface area contributed by atoms with E-state index in [2.05, 4.69) is 208 Å². The highest BCUT2D eigenvalue weighted by molar-refractivity contribution is 6.23. The number of pyridine rings is 1. The number of fused-ring (bicyclic) bond motifs is 1. The van der Waals surface area contributed by atoms with Crippen molar-refractivity contribution >= 4 is 55.7 Å². The Morgan fingerprint density at radius 3 is 1.81 bits per heavy atom. The maximum absolute atomic E-state index is 7.02. The van der Waals surface area contributed by atoms with Crippen LogP contribution in [0.2, 0.25) is 0 Å². The summed E-state index contributed by atoms with van der Waals surface area (Å²) >= 11 is 0. The molecule has 0 saturated carbocycles. The molecule has 7 aromatic carbocycles. The lowest BCUT2D eigenvalue weighted by Crippen LogP contribution is -2.25. The molecule has 0 fully saturated rings. The lowest BCUT2D eigenvalue weighted by atomic mass is 9.86. The lowest BCUT2D eigenvalue weighted by Gasteiger charge is -2.28. The molecule has 1 aliphatic rings. The lowest BCUT2D eigenvalue weighted by molar-refractivity contribution is 0.478. The number of ether oxygens (including phenoxy) is 1. The molecular formula is C56H48N4O2. The highest BCUT2D eigenvalue weighted by Crippen LogP contribution is 2.51. The number of furan rings is 1. The Labute approximate surface area is 362 Å². The van der Waals surface area contributed by atoms with Crippen LogP contribution < -0.4 is 14.5 Å². The SMILES string of the molecule is CC(C)(C)c1cc(Oc2cc3oc4cccc5c4c3c(c2)n5-c2cc(C(C)(C)C)ccn2)cc(N2CN(c3c(-c4ccccc4)cccc3-c3ccccc3)c3ccccc32)c1. The summed E-state index contributed by atoms with van der Waals surface area (Å²) in [5.41, 5.74) is 15.2. The van der Waals surface area contributed by atoms with Crippen LogP contribution in [0.5, 0.6) is 11.5 Å². The zero-order valence-corrected chi connectivity index (χ0v) is 36.0. The molecule has 1 aliphatic heterocycles. The van der Waals surface area contributed by atoms with Crippen LogP contribution >= 0.6 is 0 Å². The number of anilines is 4. The molecule has 3 aromatic heterocycles. The number of rotatable bonds is 7. The van der Waals surface area contributed by atoms with E-state index in [1.807, 2.05) is 18.3 Å². The Kier molecular flexibility index (Phi) is 8.59. The summed E-state index contributed by atoms with van der Waals surface area (Å²) in [6.07, 6.45) is 1.92. The second-order valence-electron chi connectivity index (χ2n) is 18.5. The van der Waals surface area contributed by atoms with Gasteiger partial charge in [-0.15, -0.1) is 0 Å². The molecule has 0 atom stereocenters. The number of para-hydroxylation sites is 3. The number of aromatic nitrogens is 2. The van der Waals surface area contributed by atoms with Crippen molar-refractivity contribution in [2.45, 2.75) is 52.4 Å². The summed E-state index contributed by atoms with van der Waals surface area (Å²) in [7, 11) is 0. The first kappa shape index (κ1) is 37.7. The van der Waals surface area contributed by atoms with Crippen molar-refractivity contribution in [1.82, 2.24) is 9.55 Å². The molecule has 6 nitrogen and oxygen atoms in total. The maximum atomic E-state index is 7.02. The molecule has 11 rings (SSSR count). The fourth-order valence-corrected chi connectivity index (χ4v) is 9.22. The number of hydrogen-bond acceptors (Lipinski definition) is 5. The smallest absolute Gasteiger partial charge is 0.141 e. The standard InChI is InChI=1S/C56H48N4O2/c1-55(2,3)38-27-28-57-51(31-38)60-47-25-16-26-49-52(47)53-48(60)33-42(34-50(53)62-49)61-41-30-39(56(4,5)6)29-40(32-41)58-35-59(46-24-14-13-23-45(46)58)54-43(36-17-9-7-10-18-36)21-15-22-44(54)37-19-11-8-12-20-37/h7-34H,35H2,1-6H3. The summed E-state index contributed by atoms with van der Waals surface area (Å²) in [6, 6.07) is 58.3. The number of nitrogens with zero attached hydrogens (tertiary/aromatic N) is 4. The topological polar surface area (TPSA) is 46.7 Å². The molecule has 0 radical (unpaired) electrons. The minimum atomic E-state index is -0.153. The van der Waals surface area contributed by atoms with Crippen LogP contribution in [0.15, 0.2) is 174 Å². The molecule has 0 aliphatic carbocycles. The first-order valence-corrected chi connectivity index (χ1v) is 21.5. The van der Waals surface area contributed by atoms with Crippen molar-refractivity contribution in [3.05, 3.63) is 181 Å². The van der Waals surface area contributed by atoms with Crippen molar-refractivity contribution in [1.29, 1.82) is 0 Å². The Morgan fingerprint density at radius 1 is 0.516 bits per heavy atom. The average molecular weight is 809 g/mol. The second kappa shape index (κ2) is 14.1. The van der Waals surface area contributed by atoms with E-state index in [0.717, 1.165) is 61.6 Å². The van der Waals surface area contributed by atoms with Gasteiger partial charge < -0.3 is 19.0 Å². The van der Waals surface area contributed by atoms with Gasteiger partial charge in [0.05, 0.1) is 38.9 Å². The van der Waals surface area contributed by atoms with E-state index in [4.69, 9.17) is 14.1 Å². The summed E-state index contributed by atoms with van der Waals surface area (Å²) in [5, 5.41) is 2.18. The van der Waals surface area contributed by atoms with Crippen molar-refractivity contribution in [2.75, 3.05) is 16.5 Å². The minimum Gasteiger partial charge on any atom is -0.457 e. The minimum absolute atomic E-state index is 0.0284. The largest absolute Gasteiger partial charge is 0.457 e. The zero-order valence-electron chi connectivity index (χ0n) is 36.0. The number of benzene rings is 7. The van der Waals surface area contributed by atoms with E-state index in [9.17, 15) is 0 Å². The third-order valence-corrected chi connectivity index (χ3v) is 12.4. The first-order chi connectivity index (χ1) is 30.0. The Bertz CT molecular complexity index is 3220. The third-order valence-electron chi connectivity index (χ3n) is 12.4. The van der Waals surface area contributed by atoms with E-state index >= 15 is 0 Å². The van der Waals surface area contributed by atoms with Gasteiger partial charge in [0.1, 0.15) is 35.2 Å². The quantitative estimate of drug-likeness (QED) is 0.160. The summed E-state index contributed by atoms with van der Waals surface area (Å²) in [4.78, 5) is 9.82. The normalized spacial score (nSPS) is 13.2. The van der Waals surface area contributed by atoms with Gasteiger partial charge >= 0.3 is 0 Å². The van der Waals surface area contributed by atoms with Crippen LogP contribution in [0.4, 0.5) is 22.7 Å². The molecule has 4 heterocycles. The molecule has 0 unspecified atom stereocenters. The molecule has 0 amide bonds. The Morgan fingerprint density at radius 2 is 1.13 bits per heavy atom. The highest BCUT2D eigenvalue weighted by Gasteiger charge is 2.32. The van der Waals surface area contributed by atoms with Crippen LogP contribution in [0.3, 0.4) is 0 Å². The second-order valence-corrected chi connectivity index (χ2v) is 18.5. The fraction of sp³-hybridized carbons (Fsp3) is 0.161. The zero-order chi connectivity index (χ0) is 42.3. The molecule has 0 saturated heterocycles. The van der Waals surface area contributed by atoms with Gasteiger partial charge in [0.2, 0.25) is 0 Å². The van der Waals surface area contributed by atoms with Crippen LogP contribution in [0.1, 0.15) is 52.7 Å². The van der Waals surface area contributed by atoms with E-state index < -0.39 is 0 Å². The van der Waals surface area contributed by atoms with Gasteiger partial charge in [0.15, 0.2) is 0 Å². The van der Waals surface area contributed by atoms with Crippen LogP contribution in [-0.2, 0) is 10.8 Å². The molecular weight excluding hydrogens is 761 g/mol. The average Bonchev–Trinajstić information content (AvgIpc) is 3.96. The van der Waals surface area contributed by atoms with E-state index in [1.54, 1.807) is 0 Å². The summed E-state index contributed by atoms with van der Waals surface area (Å²) in [5.74, 6) is 2.33. The Balaban J connectivity index is 1.04. The molecule has 0 bridgehead atoms. The Hall–Kier alpha value is -7.31. The highest BCUT2D eigenvalue weighted by atomic mass is 16.5. The van der Waals surface area contributed by atoms with E-state index in [0.29, 0.717) is 12.4 Å². The van der Waals surface area contributed by atoms with Crippen molar-refractivity contribution in [3.63, 3.8) is 0 Å². The molecule has 0 N–H and O–H groups in total. The predicted molar refractivity (Wildman–Crippen MR) is 256 cm³/mol. The maximum Gasteiger partial charge on any atom is 0.141 e. The van der Waals surface area contributed by atoms with E-state index in [1.165, 1.54) is 39.1 Å². The van der Waals surface area contributed by atoms with E-state index in [-0.39, 0.29) is 10.8 Å². The molecule has 62 heavy (non-hydrogen) atoms. The van der Waals surface area contributed by atoms with Gasteiger partial charge in [-0.2, -0.15) is 0 Å². The van der Waals surface area contributed by atoms with Gasteiger partial charge in [0.25, 0.3) is 0 Å². The monoisotopic (exact) mass is 808 g/mol. The van der Waals surface area contributed by atoms with Crippen molar-refractivity contribution < 1.29 is 9.15 Å². The predicted octanol–water partition coefficient (Wildman–Crippen LogP) is 15.3. The van der Waals surface area contributed by atoms with Crippen LogP contribution in [0.25, 0.3) is 61.0 Å². The van der Waals surface area contributed by atoms with Gasteiger partial charge in [-0.25, -0.2) is 4.98 Å². The summed E-state index contributed by atoms with van der Waals surface area (Å²) in [6.45, 7) is 14.1. The summed E-state index contributed by atoms with van der Waals surface area (Å²) < 4.78 is 15.8.